The lowest BCUT2D eigenvalue weighted by atomic mass is 10.1. The van der Waals surface area contributed by atoms with Crippen molar-refractivity contribution in [3.05, 3.63) is 133 Å². The van der Waals surface area contributed by atoms with Crippen LogP contribution in [0, 0.1) is 0 Å². The van der Waals surface area contributed by atoms with Gasteiger partial charge in [-0.15, -0.1) is 0 Å². The van der Waals surface area contributed by atoms with Crippen molar-refractivity contribution in [2.75, 3.05) is 6.61 Å². The van der Waals surface area contributed by atoms with Gasteiger partial charge in [-0.2, -0.15) is 0 Å². The van der Waals surface area contributed by atoms with Crippen LogP contribution in [-0.2, 0) is 14.2 Å². The van der Waals surface area contributed by atoms with Crippen molar-refractivity contribution in [2.45, 2.75) is 0 Å². The number of benzene rings is 1. The summed E-state index contributed by atoms with van der Waals surface area (Å²) < 4.78 is 15.9. The number of allylic oxidation sites excluding steroid dienone is 9. The Morgan fingerprint density at radius 3 is 1.91 bits per heavy atom. The summed E-state index contributed by atoms with van der Waals surface area (Å²) in [4.78, 5) is 20.7. The molecule has 3 rings (SSSR count). The summed E-state index contributed by atoms with van der Waals surface area (Å²) in [6, 6.07) is 5.02. The van der Waals surface area contributed by atoms with Crippen molar-refractivity contribution in [1.29, 1.82) is 0 Å². The van der Waals surface area contributed by atoms with E-state index in [0.717, 1.165) is 5.57 Å². The molecule has 0 spiro atoms. The first-order valence-electron chi connectivity index (χ1n) is 9.47. The number of carboxylic acids is 2. The van der Waals surface area contributed by atoms with Gasteiger partial charge in [-0.25, -0.2) is 9.59 Å². The number of hydrogen-bond acceptors (Lipinski definition) is 5. The Morgan fingerprint density at radius 1 is 0.719 bits per heavy atom. The summed E-state index contributed by atoms with van der Waals surface area (Å²) in [5, 5.41) is 16.9. The van der Waals surface area contributed by atoms with Gasteiger partial charge in [0.15, 0.2) is 0 Å². The second-order valence-corrected chi connectivity index (χ2v) is 6.02. The number of aromatic carboxylic acids is 2. The molecule has 0 atom stereocenters. The molecule has 0 amide bonds. The van der Waals surface area contributed by atoms with E-state index in [2.05, 4.69) is 0 Å². The molecular weight excluding hydrogens is 412 g/mol. The van der Waals surface area contributed by atoms with Crippen molar-refractivity contribution >= 4 is 11.9 Å². The van der Waals surface area contributed by atoms with E-state index in [0.29, 0.717) is 12.4 Å². The van der Waals surface area contributed by atoms with Gasteiger partial charge in [0.25, 0.3) is 0 Å². The lowest BCUT2D eigenvalue weighted by Crippen LogP contribution is -1.99. The fourth-order valence-electron chi connectivity index (χ4n) is 2.28. The van der Waals surface area contributed by atoms with E-state index in [1.165, 1.54) is 49.3 Å². The van der Waals surface area contributed by atoms with Crippen LogP contribution in [0.5, 0.6) is 0 Å². The van der Waals surface area contributed by atoms with Crippen molar-refractivity contribution in [3.63, 3.8) is 0 Å². The minimum absolute atomic E-state index is 0.0833. The van der Waals surface area contributed by atoms with E-state index in [1.54, 1.807) is 0 Å². The number of rotatable bonds is 2. The Balaban J connectivity index is 0.000000258. The minimum Gasteiger partial charge on any atom is -0.494 e. The quantitative estimate of drug-likeness (QED) is 0.666. The molecule has 32 heavy (non-hydrogen) atoms. The molecule has 2 aliphatic rings. The molecule has 164 valence electrons. The standard InChI is InChI=1S/C17H16O3.C8H6O4/c1-2-4-6-8-16-10-11-18-12-13-19-14-15-20-17(16)9-7-5-3-1;9-7(10)5-1-2-6(4-3-5)8(11)12/h1-10,12-15H,11H2;1-4H,(H,9,10)(H,11,12). The van der Waals surface area contributed by atoms with Gasteiger partial charge in [-0.1, -0.05) is 48.6 Å². The molecule has 0 saturated carbocycles. The van der Waals surface area contributed by atoms with Crippen LogP contribution in [0.15, 0.2) is 121 Å². The maximum absolute atomic E-state index is 10.3. The smallest absolute Gasteiger partial charge is 0.335 e. The Labute approximate surface area is 185 Å². The maximum atomic E-state index is 10.3. The number of carboxylic acid groups (broad SMARTS) is 2. The minimum atomic E-state index is -1.06. The maximum Gasteiger partial charge on any atom is 0.335 e. The second kappa shape index (κ2) is 13.7. The fraction of sp³-hybridized carbons (Fsp3) is 0.0400. The van der Waals surface area contributed by atoms with E-state index >= 15 is 0 Å². The highest BCUT2D eigenvalue weighted by Crippen LogP contribution is 2.15. The van der Waals surface area contributed by atoms with Gasteiger partial charge in [0.05, 0.1) is 11.1 Å². The van der Waals surface area contributed by atoms with Crippen LogP contribution in [-0.4, -0.2) is 28.8 Å². The Kier molecular flexibility index (Phi) is 10.1. The molecule has 1 heterocycles. The average Bonchev–Trinajstić information content (AvgIpc) is 2.87. The molecule has 1 aromatic carbocycles. The molecule has 1 aliphatic heterocycles. The summed E-state index contributed by atoms with van der Waals surface area (Å²) in [7, 11) is 0. The first-order valence-corrected chi connectivity index (χ1v) is 9.47. The third-order valence-corrected chi connectivity index (χ3v) is 3.81. The second-order valence-electron chi connectivity index (χ2n) is 6.02. The van der Waals surface area contributed by atoms with Crippen LogP contribution in [0.4, 0.5) is 0 Å². The highest BCUT2D eigenvalue weighted by molar-refractivity contribution is 5.91. The van der Waals surface area contributed by atoms with E-state index in [1.807, 2.05) is 60.8 Å². The van der Waals surface area contributed by atoms with E-state index in [-0.39, 0.29) is 11.1 Å². The molecular formula is C25H22O7. The van der Waals surface area contributed by atoms with Crippen molar-refractivity contribution in [3.8, 4) is 0 Å². The van der Waals surface area contributed by atoms with Gasteiger partial charge in [0, 0.05) is 5.57 Å². The monoisotopic (exact) mass is 434 g/mol. The van der Waals surface area contributed by atoms with Crippen LogP contribution in [0.2, 0.25) is 0 Å². The summed E-state index contributed by atoms with van der Waals surface area (Å²) in [6.45, 7) is 0.436. The predicted octanol–water partition coefficient (Wildman–Crippen LogP) is 5.12. The predicted molar refractivity (Wildman–Crippen MR) is 119 cm³/mol. The SMILES string of the molecule is C1=CC=CC=C2OC=COC=COCC=C2C=CC=C1.O=C(O)c1ccc(C(=O)O)cc1. The summed E-state index contributed by atoms with van der Waals surface area (Å²) in [6.07, 6.45) is 25.3. The van der Waals surface area contributed by atoms with Gasteiger partial charge in [-0.05, 0) is 36.4 Å². The van der Waals surface area contributed by atoms with E-state index in [4.69, 9.17) is 24.4 Å². The molecule has 0 saturated heterocycles. The zero-order chi connectivity index (χ0) is 23.0. The van der Waals surface area contributed by atoms with Gasteiger partial charge < -0.3 is 24.4 Å². The highest BCUT2D eigenvalue weighted by Gasteiger charge is 2.05. The van der Waals surface area contributed by atoms with Crippen LogP contribution in [0.25, 0.3) is 0 Å². The van der Waals surface area contributed by atoms with Gasteiger partial charge in [-0.3, -0.25) is 0 Å². The first-order chi connectivity index (χ1) is 15.6. The Bertz CT molecular complexity index is 984. The van der Waals surface area contributed by atoms with Crippen LogP contribution < -0.4 is 0 Å². The average molecular weight is 434 g/mol. The molecule has 0 aromatic heterocycles. The van der Waals surface area contributed by atoms with Crippen molar-refractivity contribution in [2.24, 2.45) is 0 Å². The summed E-state index contributed by atoms with van der Waals surface area (Å²) in [5.41, 5.74) is 1.10. The molecule has 2 N–H and O–H groups in total. The topological polar surface area (TPSA) is 102 Å². The molecule has 0 fully saturated rings. The van der Waals surface area contributed by atoms with Gasteiger partial charge >= 0.3 is 11.9 Å². The lowest BCUT2D eigenvalue weighted by Gasteiger charge is -2.07. The third-order valence-electron chi connectivity index (χ3n) is 3.81. The van der Waals surface area contributed by atoms with Gasteiger partial charge in [0.2, 0.25) is 0 Å². The normalized spacial score (nSPS) is 15.0. The number of carbonyl (C=O) groups is 2. The zero-order valence-corrected chi connectivity index (χ0v) is 17.0. The van der Waals surface area contributed by atoms with E-state index in [9.17, 15) is 9.59 Å². The molecule has 0 radical (unpaired) electrons. The van der Waals surface area contributed by atoms with Crippen LogP contribution in [0.1, 0.15) is 20.7 Å². The number of hydrogen-bond donors (Lipinski definition) is 2. The lowest BCUT2D eigenvalue weighted by molar-refractivity contribution is 0.0681. The molecule has 1 aromatic rings. The number of fused-ring (bicyclic) bond motifs is 1. The van der Waals surface area contributed by atoms with E-state index < -0.39 is 11.9 Å². The molecule has 7 nitrogen and oxygen atoms in total. The van der Waals surface area contributed by atoms with Gasteiger partial charge in [0.1, 0.15) is 37.4 Å². The Morgan fingerprint density at radius 2 is 1.28 bits per heavy atom. The Hall–Kier alpha value is -4.52. The number of ether oxygens (including phenoxy) is 3. The molecule has 1 aliphatic carbocycles. The zero-order valence-electron chi connectivity index (χ0n) is 17.0. The third kappa shape index (κ3) is 8.87. The van der Waals surface area contributed by atoms with Crippen molar-refractivity contribution < 1.29 is 34.0 Å². The van der Waals surface area contributed by atoms with Crippen LogP contribution >= 0.6 is 0 Å². The highest BCUT2D eigenvalue weighted by atomic mass is 16.5. The summed E-state index contributed by atoms with van der Waals surface area (Å²) >= 11 is 0. The largest absolute Gasteiger partial charge is 0.494 e. The molecule has 0 bridgehead atoms. The van der Waals surface area contributed by atoms with Crippen LogP contribution in [0.3, 0.4) is 0 Å². The molecule has 7 heteroatoms. The molecule has 0 unspecified atom stereocenters. The first kappa shape index (κ1) is 23.8. The summed E-state index contributed by atoms with van der Waals surface area (Å²) in [5.74, 6) is -1.41. The van der Waals surface area contributed by atoms with Crippen molar-refractivity contribution in [1.82, 2.24) is 0 Å². The fourth-order valence-corrected chi connectivity index (χ4v) is 2.28.